The largest absolute Gasteiger partial charge is 0.496 e. The fourth-order valence-corrected chi connectivity index (χ4v) is 1.19. The molecule has 0 saturated carbocycles. The van der Waals surface area contributed by atoms with Crippen molar-refractivity contribution >= 4 is 0 Å². The topological polar surface area (TPSA) is 35.2 Å². The second-order valence-electron chi connectivity index (χ2n) is 2.54. The molecule has 0 atom stereocenters. The van der Waals surface area contributed by atoms with Crippen LogP contribution in [-0.2, 0) is 6.54 Å². The molecule has 0 aliphatic carbocycles. The molecule has 0 amide bonds. The molecule has 2 nitrogen and oxygen atoms in total. The second kappa shape index (κ2) is 4.18. The van der Waals surface area contributed by atoms with Crippen molar-refractivity contribution in [3.8, 4) is 5.75 Å². The summed E-state index contributed by atoms with van der Waals surface area (Å²) >= 11 is 0. The zero-order valence-electron chi connectivity index (χ0n) is 7.26. The molecule has 0 bridgehead atoms. The maximum atomic E-state index is 12.5. The Bertz CT molecular complexity index is 267. The zero-order chi connectivity index (χ0) is 9.84. The summed E-state index contributed by atoms with van der Waals surface area (Å²) in [5.74, 6) is 0.193. The summed E-state index contributed by atoms with van der Waals surface area (Å²) in [5.41, 5.74) is 5.64. The van der Waals surface area contributed by atoms with Gasteiger partial charge < -0.3 is 10.5 Å². The average Bonchev–Trinajstić information content (AvgIpc) is 2.16. The third-order valence-corrected chi connectivity index (χ3v) is 1.81. The maximum Gasteiger partial charge on any atom is 0.267 e. The van der Waals surface area contributed by atoms with Crippen LogP contribution in [0.3, 0.4) is 0 Å². The van der Waals surface area contributed by atoms with Crippen molar-refractivity contribution < 1.29 is 13.5 Å². The first kappa shape index (κ1) is 9.92. The third kappa shape index (κ3) is 1.95. The van der Waals surface area contributed by atoms with E-state index >= 15 is 0 Å². The van der Waals surface area contributed by atoms with Gasteiger partial charge in [0.25, 0.3) is 6.43 Å². The molecule has 0 heterocycles. The van der Waals surface area contributed by atoms with Crippen LogP contribution in [-0.4, -0.2) is 7.11 Å². The van der Waals surface area contributed by atoms with Gasteiger partial charge in [0.2, 0.25) is 0 Å². The molecule has 0 saturated heterocycles. The lowest BCUT2D eigenvalue weighted by Crippen LogP contribution is -2.03. The first-order valence-corrected chi connectivity index (χ1v) is 3.84. The number of nitrogens with two attached hydrogens (primary N) is 1. The van der Waals surface area contributed by atoms with Crippen LogP contribution in [0.2, 0.25) is 0 Å². The van der Waals surface area contributed by atoms with Crippen molar-refractivity contribution in [1.29, 1.82) is 0 Å². The van der Waals surface area contributed by atoms with Gasteiger partial charge in [-0.25, -0.2) is 8.78 Å². The van der Waals surface area contributed by atoms with Crippen molar-refractivity contribution in [3.63, 3.8) is 0 Å². The quantitative estimate of drug-likeness (QED) is 0.786. The Morgan fingerprint density at radius 2 is 2.15 bits per heavy atom. The molecule has 0 radical (unpaired) electrons. The molecule has 1 aromatic rings. The van der Waals surface area contributed by atoms with Gasteiger partial charge in [0, 0.05) is 6.54 Å². The van der Waals surface area contributed by atoms with E-state index in [0.717, 1.165) is 0 Å². The normalized spacial score (nSPS) is 10.5. The summed E-state index contributed by atoms with van der Waals surface area (Å²) < 4.78 is 29.9. The van der Waals surface area contributed by atoms with Crippen LogP contribution in [0, 0.1) is 0 Å². The Labute approximate surface area is 75.3 Å². The van der Waals surface area contributed by atoms with Gasteiger partial charge in [-0.15, -0.1) is 0 Å². The van der Waals surface area contributed by atoms with Gasteiger partial charge in [0.05, 0.1) is 12.7 Å². The van der Waals surface area contributed by atoms with Crippen molar-refractivity contribution in [2.45, 2.75) is 13.0 Å². The van der Waals surface area contributed by atoms with Crippen molar-refractivity contribution in [2.75, 3.05) is 7.11 Å². The molecule has 1 rings (SSSR count). The van der Waals surface area contributed by atoms with E-state index in [-0.39, 0.29) is 17.9 Å². The Morgan fingerprint density at radius 3 is 2.62 bits per heavy atom. The predicted octanol–water partition coefficient (Wildman–Crippen LogP) is 2.09. The minimum absolute atomic E-state index is 0.0941. The maximum absolute atomic E-state index is 12.5. The first-order chi connectivity index (χ1) is 6.20. The van der Waals surface area contributed by atoms with E-state index in [4.69, 9.17) is 10.5 Å². The number of ether oxygens (including phenoxy) is 1. The molecule has 0 aromatic heterocycles. The lowest BCUT2D eigenvalue weighted by Gasteiger charge is -2.11. The van der Waals surface area contributed by atoms with Gasteiger partial charge >= 0.3 is 0 Å². The van der Waals surface area contributed by atoms with Crippen LogP contribution in [0.1, 0.15) is 17.6 Å². The number of methoxy groups -OCH3 is 1. The number of benzene rings is 1. The molecular formula is C9H11F2NO. The summed E-state index contributed by atoms with van der Waals surface area (Å²) in [6.45, 7) is 0.0941. The molecule has 2 N–H and O–H groups in total. The summed E-state index contributed by atoms with van der Waals surface area (Å²) in [5, 5.41) is 0. The number of rotatable bonds is 3. The molecular weight excluding hydrogens is 176 g/mol. The fraction of sp³-hybridized carbons (Fsp3) is 0.333. The van der Waals surface area contributed by atoms with Crippen LogP contribution in [0.5, 0.6) is 5.75 Å². The van der Waals surface area contributed by atoms with Crippen molar-refractivity contribution in [2.24, 2.45) is 5.73 Å². The van der Waals surface area contributed by atoms with Crippen LogP contribution >= 0.6 is 0 Å². The highest BCUT2D eigenvalue weighted by molar-refractivity contribution is 5.41. The zero-order valence-corrected chi connectivity index (χ0v) is 7.26. The number of halogens is 2. The third-order valence-electron chi connectivity index (χ3n) is 1.81. The van der Waals surface area contributed by atoms with E-state index in [1.807, 2.05) is 0 Å². The standard InChI is InChI=1S/C9H11F2NO/c1-13-7-4-2-3-6(5-12)8(7)9(10)11/h2-4,9H,5,12H2,1H3. The number of alkyl halides is 2. The minimum Gasteiger partial charge on any atom is -0.496 e. The lowest BCUT2D eigenvalue weighted by atomic mass is 10.1. The average molecular weight is 187 g/mol. The molecule has 0 aliphatic rings. The van der Waals surface area contributed by atoms with E-state index in [2.05, 4.69) is 0 Å². The lowest BCUT2D eigenvalue weighted by molar-refractivity contribution is 0.146. The van der Waals surface area contributed by atoms with Gasteiger partial charge in [-0.2, -0.15) is 0 Å². The Hall–Kier alpha value is -1.16. The predicted molar refractivity (Wildman–Crippen MR) is 45.8 cm³/mol. The van der Waals surface area contributed by atoms with Gasteiger partial charge in [0.15, 0.2) is 0 Å². The summed E-state index contributed by atoms with van der Waals surface area (Å²) in [4.78, 5) is 0. The number of hydrogen-bond acceptors (Lipinski definition) is 2. The second-order valence-corrected chi connectivity index (χ2v) is 2.54. The van der Waals surface area contributed by atoms with E-state index < -0.39 is 6.43 Å². The monoisotopic (exact) mass is 187 g/mol. The van der Waals surface area contributed by atoms with Crippen LogP contribution < -0.4 is 10.5 Å². The van der Waals surface area contributed by atoms with Gasteiger partial charge in [-0.1, -0.05) is 12.1 Å². The summed E-state index contributed by atoms with van der Waals surface area (Å²) in [6, 6.07) is 4.72. The summed E-state index contributed by atoms with van der Waals surface area (Å²) in [7, 11) is 1.36. The smallest absolute Gasteiger partial charge is 0.267 e. The Balaban J connectivity index is 3.21. The van der Waals surface area contributed by atoms with Crippen LogP contribution in [0.4, 0.5) is 8.78 Å². The first-order valence-electron chi connectivity index (χ1n) is 3.84. The van der Waals surface area contributed by atoms with Crippen LogP contribution in [0.15, 0.2) is 18.2 Å². The fourth-order valence-electron chi connectivity index (χ4n) is 1.19. The van der Waals surface area contributed by atoms with Crippen molar-refractivity contribution in [1.82, 2.24) is 0 Å². The highest BCUT2D eigenvalue weighted by Gasteiger charge is 2.17. The highest BCUT2D eigenvalue weighted by Crippen LogP contribution is 2.31. The van der Waals surface area contributed by atoms with Crippen molar-refractivity contribution in [3.05, 3.63) is 29.3 Å². The molecule has 0 aliphatic heterocycles. The van der Waals surface area contributed by atoms with Crippen LogP contribution in [0.25, 0.3) is 0 Å². The van der Waals surface area contributed by atoms with E-state index in [1.54, 1.807) is 12.1 Å². The molecule has 0 unspecified atom stereocenters. The minimum atomic E-state index is -2.55. The Kier molecular flexibility index (Phi) is 3.19. The van der Waals surface area contributed by atoms with Gasteiger partial charge in [-0.3, -0.25) is 0 Å². The molecule has 1 aromatic carbocycles. The van der Waals surface area contributed by atoms with E-state index in [1.165, 1.54) is 13.2 Å². The molecule has 0 fully saturated rings. The summed E-state index contributed by atoms with van der Waals surface area (Å²) in [6.07, 6.45) is -2.55. The SMILES string of the molecule is COc1cccc(CN)c1C(F)F. The molecule has 0 spiro atoms. The Morgan fingerprint density at radius 1 is 1.46 bits per heavy atom. The highest BCUT2D eigenvalue weighted by atomic mass is 19.3. The van der Waals surface area contributed by atoms with Gasteiger partial charge in [-0.05, 0) is 11.6 Å². The number of hydrogen-bond donors (Lipinski definition) is 1. The van der Waals surface area contributed by atoms with Gasteiger partial charge in [0.1, 0.15) is 5.75 Å². The molecule has 4 heteroatoms. The van der Waals surface area contributed by atoms with E-state index in [9.17, 15) is 8.78 Å². The molecule has 13 heavy (non-hydrogen) atoms. The van der Waals surface area contributed by atoms with E-state index in [0.29, 0.717) is 5.56 Å². The molecule has 72 valence electrons.